The van der Waals surface area contributed by atoms with Crippen LogP contribution in [0.2, 0.25) is 0 Å². The van der Waals surface area contributed by atoms with Crippen molar-refractivity contribution < 1.29 is 23.6 Å². The van der Waals surface area contributed by atoms with Crippen LogP contribution in [0.15, 0.2) is 40.9 Å². The van der Waals surface area contributed by atoms with E-state index in [1.54, 1.807) is 17.9 Å². The number of aryl methyl sites for hydroxylation is 1. The van der Waals surface area contributed by atoms with Gasteiger partial charge >= 0.3 is 5.97 Å². The van der Waals surface area contributed by atoms with Crippen molar-refractivity contribution in [1.29, 1.82) is 0 Å². The zero-order valence-corrected chi connectivity index (χ0v) is 15.2. The third kappa shape index (κ3) is 4.52. The molecule has 1 aromatic heterocycles. The zero-order valence-electron chi connectivity index (χ0n) is 15.2. The molecule has 27 heavy (non-hydrogen) atoms. The van der Waals surface area contributed by atoms with Crippen LogP contribution in [0.25, 0.3) is 0 Å². The fourth-order valence-corrected chi connectivity index (χ4v) is 3.03. The van der Waals surface area contributed by atoms with Crippen LogP contribution in [0.4, 0.5) is 5.82 Å². The van der Waals surface area contributed by atoms with E-state index in [0.29, 0.717) is 5.76 Å². The van der Waals surface area contributed by atoms with Gasteiger partial charge in [-0.1, -0.05) is 35.5 Å². The van der Waals surface area contributed by atoms with Gasteiger partial charge in [-0.2, -0.15) is 0 Å². The third-order valence-corrected chi connectivity index (χ3v) is 4.48. The SMILES string of the molecule is Cc1cc(NC(=O)COC(=O)[C@H]2CC(=O)N([C@@H](C)c3ccccc3)C2)no1. The van der Waals surface area contributed by atoms with E-state index in [-0.39, 0.29) is 30.7 Å². The average molecular weight is 371 g/mol. The van der Waals surface area contributed by atoms with Crippen molar-refractivity contribution in [2.24, 2.45) is 5.92 Å². The maximum Gasteiger partial charge on any atom is 0.311 e. The van der Waals surface area contributed by atoms with Crippen molar-refractivity contribution in [1.82, 2.24) is 10.1 Å². The van der Waals surface area contributed by atoms with Crippen LogP contribution in [-0.2, 0) is 19.1 Å². The Balaban J connectivity index is 1.50. The van der Waals surface area contributed by atoms with Crippen LogP contribution >= 0.6 is 0 Å². The predicted molar refractivity (Wildman–Crippen MR) is 95.5 cm³/mol. The Morgan fingerprint density at radius 1 is 1.37 bits per heavy atom. The number of likely N-dealkylation sites (tertiary alicyclic amines) is 1. The molecule has 2 atom stereocenters. The van der Waals surface area contributed by atoms with E-state index in [1.165, 1.54) is 0 Å². The first-order valence-corrected chi connectivity index (χ1v) is 8.68. The summed E-state index contributed by atoms with van der Waals surface area (Å²) in [6.45, 7) is 3.46. The molecule has 0 unspecified atom stereocenters. The third-order valence-electron chi connectivity index (χ3n) is 4.48. The van der Waals surface area contributed by atoms with Gasteiger partial charge in [-0.25, -0.2) is 0 Å². The number of benzene rings is 1. The lowest BCUT2D eigenvalue weighted by Crippen LogP contribution is -2.30. The summed E-state index contributed by atoms with van der Waals surface area (Å²) in [5.74, 6) is -0.943. The van der Waals surface area contributed by atoms with Gasteiger partial charge < -0.3 is 19.5 Å². The number of esters is 1. The van der Waals surface area contributed by atoms with Gasteiger partial charge in [0.05, 0.1) is 12.0 Å². The van der Waals surface area contributed by atoms with Crippen molar-refractivity contribution in [2.75, 3.05) is 18.5 Å². The lowest BCUT2D eigenvalue weighted by molar-refractivity contribution is -0.151. The predicted octanol–water partition coefficient (Wildman–Crippen LogP) is 2.07. The van der Waals surface area contributed by atoms with E-state index in [0.717, 1.165) is 5.56 Å². The second-order valence-electron chi connectivity index (χ2n) is 6.51. The zero-order chi connectivity index (χ0) is 19.4. The van der Waals surface area contributed by atoms with Crippen molar-refractivity contribution in [3.05, 3.63) is 47.7 Å². The number of anilines is 1. The van der Waals surface area contributed by atoms with Crippen LogP contribution in [0.5, 0.6) is 0 Å². The number of nitrogens with one attached hydrogen (secondary N) is 1. The fourth-order valence-electron chi connectivity index (χ4n) is 3.03. The number of aromatic nitrogens is 1. The van der Waals surface area contributed by atoms with E-state index in [9.17, 15) is 14.4 Å². The number of carbonyl (C=O) groups excluding carboxylic acids is 3. The maximum atomic E-state index is 12.3. The minimum atomic E-state index is -0.578. The second-order valence-corrected chi connectivity index (χ2v) is 6.51. The average Bonchev–Trinajstić information content (AvgIpc) is 3.25. The molecule has 142 valence electrons. The van der Waals surface area contributed by atoms with Gasteiger partial charge in [-0.3, -0.25) is 14.4 Å². The van der Waals surface area contributed by atoms with E-state index in [4.69, 9.17) is 9.26 Å². The normalized spacial score (nSPS) is 17.6. The van der Waals surface area contributed by atoms with Gasteiger partial charge in [-0.05, 0) is 19.4 Å². The summed E-state index contributed by atoms with van der Waals surface area (Å²) in [4.78, 5) is 38.0. The molecule has 1 aliphatic rings. The molecule has 3 rings (SSSR count). The minimum Gasteiger partial charge on any atom is -0.455 e. The number of carbonyl (C=O) groups is 3. The van der Waals surface area contributed by atoms with Crippen molar-refractivity contribution >= 4 is 23.6 Å². The first-order chi connectivity index (χ1) is 12.9. The van der Waals surface area contributed by atoms with Crippen molar-refractivity contribution in [3.63, 3.8) is 0 Å². The molecule has 8 heteroatoms. The summed E-state index contributed by atoms with van der Waals surface area (Å²) in [5, 5.41) is 6.10. The van der Waals surface area contributed by atoms with Gasteiger partial charge in [0, 0.05) is 19.0 Å². The molecule has 2 amide bonds. The summed E-state index contributed by atoms with van der Waals surface area (Å²) < 4.78 is 9.90. The molecule has 0 saturated carbocycles. The Morgan fingerprint density at radius 3 is 2.78 bits per heavy atom. The highest BCUT2D eigenvalue weighted by Gasteiger charge is 2.38. The van der Waals surface area contributed by atoms with E-state index >= 15 is 0 Å². The fraction of sp³-hybridized carbons (Fsp3) is 0.368. The summed E-state index contributed by atoms with van der Waals surface area (Å²) in [5.41, 5.74) is 1.00. The quantitative estimate of drug-likeness (QED) is 0.780. The highest BCUT2D eigenvalue weighted by atomic mass is 16.5. The Bertz CT molecular complexity index is 833. The molecule has 1 aliphatic heterocycles. The van der Waals surface area contributed by atoms with Crippen LogP contribution in [0.1, 0.15) is 30.7 Å². The molecular weight excluding hydrogens is 350 g/mol. The first kappa shape index (κ1) is 18.6. The Morgan fingerprint density at radius 2 is 2.11 bits per heavy atom. The standard InChI is InChI=1S/C19H21N3O5/c1-12-8-16(21-27-12)20-17(23)11-26-19(25)15-9-18(24)22(10-15)13(2)14-6-4-3-5-7-14/h3-8,13,15H,9-11H2,1-2H3,(H,20,21,23)/t13-,15-/m0/s1. The minimum absolute atomic E-state index is 0.0834. The molecule has 8 nitrogen and oxygen atoms in total. The summed E-state index contributed by atoms with van der Waals surface area (Å²) >= 11 is 0. The van der Waals surface area contributed by atoms with Gasteiger partial charge in [0.25, 0.3) is 5.91 Å². The molecule has 1 N–H and O–H groups in total. The number of amides is 2. The van der Waals surface area contributed by atoms with E-state index in [2.05, 4.69) is 10.5 Å². The maximum absolute atomic E-state index is 12.3. The smallest absolute Gasteiger partial charge is 0.311 e. The highest BCUT2D eigenvalue weighted by molar-refractivity contribution is 5.93. The molecule has 1 fully saturated rings. The number of ether oxygens (including phenoxy) is 1. The van der Waals surface area contributed by atoms with Gasteiger partial charge in [0.1, 0.15) is 5.76 Å². The molecule has 2 heterocycles. The van der Waals surface area contributed by atoms with Gasteiger partial charge in [0.15, 0.2) is 12.4 Å². The van der Waals surface area contributed by atoms with Gasteiger partial charge in [0.2, 0.25) is 5.91 Å². The van der Waals surface area contributed by atoms with E-state index < -0.39 is 24.4 Å². The molecule has 0 aliphatic carbocycles. The van der Waals surface area contributed by atoms with Crippen molar-refractivity contribution in [3.8, 4) is 0 Å². The summed E-state index contributed by atoms with van der Waals surface area (Å²) in [6.07, 6.45) is 0.0834. The number of rotatable bonds is 6. The monoisotopic (exact) mass is 371 g/mol. The molecule has 2 aromatic rings. The molecule has 1 saturated heterocycles. The van der Waals surface area contributed by atoms with Crippen LogP contribution in [0.3, 0.4) is 0 Å². The number of hydrogen-bond donors (Lipinski definition) is 1. The van der Waals surface area contributed by atoms with Crippen LogP contribution in [-0.4, -0.2) is 41.0 Å². The molecular formula is C19H21N3O5. The molecule has 0 bridgehead atoms. The number of nitrogens with zero attached hydrogens (tertiary/aromatic N) is 2. The Labute approximate surface area is 156 Å². The molecule has 0 radical (unpaired) electrons. The van der Waals surface area contributed by atoms with Gasteiger partial charge in [-0.15, -0.1) is 0 Å². The van der Waals surface area contributed by atoms with Crippen molar-refractivity contribution in [2.45, 2.75) is 26.3 Å². The largest absolute Gasteiger partial charge is 0.455 e. The summed E-state index contributed by atoms with van der Waals surface area (Å²) in [6, 6.07) is 11.0. The Hall–Kier alpha value is -3.16. The second kappa shape index (κ2) is 8.03. The first-order valence-electron chi connectivity index (χ1n) is 8.68. The highest BCUT2D eigenvalue weighted by Crippen LogP contribution is 2.28. The topological polar surface area (TPSA) is 102 Å². The molecule has 1 aromatic carbocycles. The molecule has 0 spiro atoms. The summed E-state index contributed by atoms with van der Waals surface area (Å²) in [7, 11) is 0. The Kier molecular flexibility index (Phi) is 5.54. The van der Waals surface area contributed by atoms with E-state index in [1.807, 2.05) is 37.3 Å². The van der Waals surface area contributed by atoms with Crippen LogP contribution in [0, 0.1) is 12.8 Å². The number of hydrogen-bond acceptors (Lipinski definition) is 6. The van der Waals surface area contributed by atoms with Crippen LogP contribution < -0.4 is 5.32 Å². The lowest BCUT2D eigenvalue weighted by atomic mass is 10.1. The lowest BCUT2D eigenvalue weighted by Gasteiger charge is -2.25.